The van der Waals surface area contributed by atoms with E-state index in [1.54, 1.807) is 0 Å². The van der Waals surface area contributed by atoms with Crippen LogP contribution < -0.4 is 5.32 Å². The van der Waals surface area contributed by atoms with E-state index in [9.17, 15) is 19.8 Å². The monoisotopic (exact) mass is 1080 g/mol. The van der Waals surface area contributed by atoms with Gasteiger partial charge in [0.1, 0.15) is 0 Å². The highest BCUT2D eigenvalue weighted by Gasteiger charge is 2.20. The highest BCUT2D eigenvalue weighted by atomic mass is 16.5. The van der Waals surface area contributed by atoms with Crippen molar-refractivity contribution in [1.82, 2.24) is 5.32 Å². The molecule has 0 bridgehead atoms. The molecule has 0 aliphatic rings. The highest BCUT2D eigenvalue weighted by Crippen LogP contribution is 2.18. The Balaban J connectivity index is 3.36. The lowest BCUT2D eigenvalue weighted by molar-refractivity contribution is -0.143. The molecule has 0 rings (SSSR count). The minimum Gasteiger partial charge on any atom is -0.466 e. The van der Waals surface area contributed by atoms with E-state index >= 15 is 0 Å². The first-order chi connectivity index (χ1) is 38.0. The molecule has 77 heavy (non-hydrogen) atoms. The van der Waals surface area contributed by atoms with Gasteiger partial charge in [-0.15, -0.1) is 0 Å². The highest BCUT2D eigenvalue weighted by molar-refractivity contribution is 5.76. The van der Waals surface area contributed by atoms with Crippen LogP contribution >= 0.6 is 0 Å². The second-order valence-corrected chi connectivity index (χ2v) is 23.9. The summed E-state index contributed by atoms with van der Waals surface area (Å²) in [5.41, 5.74) is 0. The fourth-order valence-electron chi connectivity index (χ4n) is 10.8. The summed E-state index contributed by atoms with van der Waals surface area (Å²) < 4.78 is 5.49. The molecule has 0 fully saturated rings. The number of unbranched alkanes of at least 4 members (excludes halogenated alkanes) is 48. The Kier molecular flexibility index (Phi) is 64.9. The van der Waals surface area contributed by atoms with Crippen molar-refractivity contribution >= 4 is 11.9 Å². The molecule has 0 aromatic carbocycles. The maximum atomic E-state index is 12.5. The average Bonchev–Trinajstić information content (AvgIpc) is 3.43. The van der Waals surface area contributed by atoms with Crippen LogP contribution in [0.15, 0.2) is 36.5 Å². The SMILES string of the molecule is CCCCCCCCC/C=C\CCCCCCCC(=O)OCCCCCCCCCCC/C=C\C/C=C\CCCCCCCCCCCCCCCCCCCC(=O)NC(CO)C(O)CCCCCCCCCCCCC. The molecule has 1 amide bonds. The number of rotatable bonds is 65. The summed E-state index contributed by atoms with van der Waals surface area (Å²) in [6, 6.07) is -0.539. The number of esters is 1. The Labute approximate surface area is 481 Å². The molecule has 0 saturated carbocycles. The molecule has 0 aromatic heterocycles. The Morgan fingerprint density at radius 2 is 0.649 bits per heavy atom. The molecule has 0 aliphatic heterocycles. The number of carbonyl (C=O) groups is 2. The summed E-state index contributed by atoms with van der Waals surface area (Å²) in [6.07, 6.45) is 84.9. The zero-order chi connectivity index (χ0) is 55.7. The molecule has 3 N–H and O–H groups in total. The van der Waals surface area contributed by atoms with E-state index in [1.807, 2.05) is 0 Å². The van der Waals surface area contributed by atoms with Crippen molar-refractivity contribution < 1.29 is 24.5 Å². The summed E-state index contributed by atoms with van der Waals surface area (Å²) in [4.78, 5) is 24.5. The Bertz CT molecular complexity index is 1250. The lowest BCUT2D eigenvalue weighted by atomic mass is 10.0. The third kappa shape index (κ3) is 63.1. The fourth-order valence-corrected chi connectivity index (χ4v) is 10.8. The zero-order valence-corrected chi connectivity index (χ0v) is 52.0. The van der Waals surface area contributed by atoms with Crippen LogP contribution in [0.2, 0.25) is 0 Å². The van der Waals surface area contributed by atoms with Gasteiger partial charge in [0.2, 0.25) is 5.91 Å². The van der Waals surface area contributed by atoms with Gasteiger partial charge in [0.05, 0.1) is 25.4 Å². The summed E-state index contributed by atoms with van der Waals surface area (Å²) in [7, 11) is 0. The molecule has 2 atom stereocenters. The van der Waals surface area contributed by atoms with Crippen molar-refractivity contribution in [3.05, 3.63) is 36.5 Å². The van der Waals surface area contributed by atoms with E-state index in [1.165, 1.54) is 295 Å². The van der Waals surface area contributed by atoms with Gasteiger partial charge in [0, 0.05) is 12.8 Å². The predicted octanol–water partition coefficient (Wildman–Crippen LogP) is 22.3. The minimum absolute atomic E-state index is 0.00704. The zero-order valence-electron chi connectivity index (χ0n) is 52.0. The van der Waals surface area contributed by atoms with Crippen LogP contribution in [0.1, 0.15) is 380 Å². The lowest BCUT2D eigenvalue weighted by Gasteiger charge is -2.22. The van der Waals surface area contributed by atoms with Crippen molar-refractivity contribution in [3.8, 4) is 0 Å². The van der Waals surface area contributed by atoms with Gasteiger partial charge in [-0.3, -0.25) is 9.59 Å². The van der Waals surface area contributed by atoms with Crippen molar-refractivity contribution in [3.63, 3.8) is 0 Å². The maximum Gasteiger partial charge on any atom is 0.305 e. The maximum absolute atomic E-state index is 12.5. The molecular formula is C71H135NO5. The van der Waals surface area contributed by atoms with E-state index in [-0.39, 0.29) is 18.5 Å². The van der Waals surface area contributed by atoms with Gasteiger partial charge in [-0.1, -0.05) is 320 Å². The van der Waals surface area contributed by atoms with Gasteiger partial charge in [-0.05, 0) is 83.5 Å². The number of ether oxygens (including phenoxy) is 1. The van der Waals surface area contributed by atoms with Gasteiger partial charge in [-0.2, -0.15) is 0 Å². The smallest absolute Gasteiger partial charge is 0.305 e. The fraction of sp³-hybridized carbons (Fsp3) is 0.887. The Morgan fingerprint density at radius 1 is 0.364 bits per heavy atom. The Morgan fingerprint density at radius 3 is 1.00 bits per heavy atom. The van der Waals surface area contributed by atoms with Crippen LogP contribution in [-0.2, 0) is 14.3 Å². The number of aliphatic hydroxyl groups is 2. The van der Waals surface area contributed by atoms with Crippen molar-refractivity contribution in [2.45, 2.75) is 392 Å². The van der Waals surface area contributed by atoms with E-state index in [0.717, 1.165) is 51.4 Å². The lowest BCUT2D eigenvalue weighted by Crippen LogP contribution is -2.45. The van der Waals surface area contributed by atoms with Gasteiger partial charge in [-0.25, -0.2) is 0 Å². The largest absolute Gasteiger partial charge is 0.466 e. The minimum atomic E-state index is -0.661. The summed E-state index contributed by atoms with van der Waals surface area (Å²) >= 11 is 0. The van der Waals surface area contributed by atoms with Crippen LogP contribution in [-0.4, -0.2) is 47.4 Å². The van der Waals surface area contributed by atoms with Crippen LogP contribution in [0.3, 0.4) is 0 Å². The third-order valence-electron chi connectivity index (χ3n) is 16.2. The number of aliphatic hydroxyl groups excluding tert-OH is 2. The normalized spacial score (nSPS) is 12.7. The molecule has 0 aromatic rings. The quantitative estimate of drug-likeness (QED) is 0.0320. The molecular weight excluding hydrogens is 947 g/mol. The van der Waals surface area contributed by atoms with Crippen molar-refractivity contribution in [2.24, 2.45) is 0 Å². The number of allylic oxidation sites excluding steroid dienone is 6. The average molecular weight is 1080 g/mol. The van der Waals surface area contributed by atoms with E-state index in [2.05, 4.69) is 55.6 Å². The van der Waals surface area contributed by atoms with E-state index in [4.69, 9.17) is 4.74 Å². The molecule has 6 nitrogen and oxygen atoms in total. The topological polar surface area (TPSA) is 95.9 Å². The first kappa shape index (κ1) is 75.1. The van der Waals surface area contributed by atoms with Crippen LogP contribution in [0.25, 0.3) is 0 Å². The van der Waals surface area contributed by atoms with Crippen LogP contribution in [0.5, 0.6) is 0 Å². The summed E-state index contributed by atoms with van der Waals surface area (Å²) in [6.45, 7) is 4.96. The molecule has 6 heteroatoms. The van der Waals surface area contributed by atoms with E-state index in [0.29, 0.717) is 25.9 Å². The number of nitrogens with one attached hydrogen (secondary N) is 1. The van der Waals surface area contributed by atoms with Crippen molar-refractivity contribution in [1.29, 1.82) is 0 Å². The van der Waals surface area contributed by atoms with E-state index < -0.39 is 12.1 Å². The number of carbonyl (C=O) groups excluding carboxylic acids is 2. The van der Waals surface area contributed by atoms with Gasteiger partial charge < -0.3 is 20.3 Å². The molecule has 0 spiro atoms. The molecule has 0 heterocycles. The molecule has 2 unspecified atom stereocenters. The van der Waals surface area contributed by atoms with Crippen LogP contribution in [0, 0.1) is 0 Å². The van der Waals surface area contributed by atoms with Crippen molar-refractivity contribution in [2.75, 3.05) is 13.2 Å². The second-order valence-electron chi connectivity index (χ2n) is 23.9. The number of hydrogen-bond donors (Lipinski definition) is 3. The molecule has 0 aliphatic carbocycles. The Hall–Kier alpha value is -1.92. The summed E-state index contributed by atoms with van der Waals surface area (Å²) in [5, 5.41) is 23.2. The first-order valence-electron chi connectivity index (χ1n) is 34.7. The molecule has 0 saturated heterocycles. The van der Waals surface area contributed by atoms with Gasteiger partial charge >= 0.3 is 5.97 Å². The van der Waals surface area contributed by atoms with Crippen LogP contribution in [0.4, 0.5) is 0 Å². The number of amides is 1. The van der Waals surface area contributed by atoms with Gasteiger partial charge in [0.25, 0.3) is 0 Å². The second kappa shape index (κ2) is 66.6. The number of hydrogen-bond acceptors (Lipinski definition) is 5. The summed E-state index contributed by atoms with van der Waals surface area (Å²) in [5.74, 6) is -0.0257. The third-order valence-corrected chi connectivity index (χ3v) is 16.2. The molecule has 0 radical (unpaired) electrons. The standard InChI is InChI=1S/C71H135NO5/c1-3-5-7-9-11-13-15-16-17-38-41-45-49-53-57-61-65-71(76)77-66-62-58-54-50-46-42-39-36-34-32-30-28-26-24-22-20-18-19-21-23-25-27-29-31-33-35-37-40-44-48-52-56-60-64-70(75)72-68(67-73)69(74)63-59-55-51-47-43-14-12-10-8-6-4-2/h17,22,24,28,30,38,68-69,73-74H,3-16,18-21,23,25-27,29,31-37,39-67H2,1-2H3,(H,72,75)/b24-22-,30-28-,38-17-. The first-order valence-corrected chi connectivity index (χ1v) is 34.7. The molecule has 454 valence electrons. The predicted molar refractivity (Wildman–Crippen MR) is 338 cm³/mol. The van der Waals surface area contributed by atoms with Gasteiger partial charge in [0.15, 0.2) is 0 Å².